The molecule has 2 rings (SSSR count). The average Bonchev–Trinajstić information content (AvgIpc) is 2.35. The predicted molar refractivity (Wildman–Crippen MR) is 70.7 cm³/mol. The Hall–Kier alpha value is -2.14. The van der Waals surface area contributed by atoms with Gasteiger partial charge in [-0.2, -0.15) is 5.10 Å². The highest BCUT2D eigenvalue weighted by Gasteiger charge is 2.13. The Morgan fingerprint density at radius 2 is 2.00 bits per heavy atom. The minimum Gasteiger partial charge on any atom is -0.477 e. The first-order valence-corrected chi connectivity index (χ1v) is 5.91. The topological polar surface area (TPSA) is 72.2 Å². The van der Waals surface area contributed by atoms with E-state index in [1.54, 1.807) is 31.2 Å². The molecule has 0 aliphatic rings. The number of hydrogen-bond acceptors (Lipinski definition) is 3. The fraction of sp³-hybridized carbons (Fsp3) is 0.154. The quantitative estimate of drug-likeness (QED) is 0.931. The maximum atomic E-state index is 11.9. The van der Waals surface area contributed by atoms with Crippen molar-refractivity contribution in [3.63, 3.8) is 0 Å². The SMILES string of the molecule is Cc1cc(C(=O)O)c(=O)n(Cc2ccc(Cl)cc2)n1. The standard InChI is InChI=1S/C13H11ClN2O3/c1-8-6-11(13(18)19)12(17)16(15-8)7-9-2-4-10(14)5-3-9/h2-6H,7H2,1H3,(H,18,19). The smallest absolute Gasteiger partial charge is 0.341 e. The summed E-state index contributed by atoms with van der Waals surface area (Å²) < 4.78 is 1.14. The lowest BCUT2D eigenvalue weighted by molar-refractivity contribution is 0.0693. The number of rotatable bonds is 3. The molecule has 0 fully saturated rings. The molecule has 0 spiro atoms. The number of aromatic nitrogens is 2. The van der Waals surface area contributed by atoms with Crippen LogP contribution in [-0.2, 0) is 6.54 Å². The van der Waals surface area contributed by atoms with E-state index in [1.165, 1.54) is 6.07 Å². The number of halogens is 1. The Labute approximate surface area is 114 Å². The van der Waals surface area contributed by atoms with Crippen LogP contribution in [0.25, 0.3) is 0 Å². The van der Waals surface area contributed by atoms with Gasteiger partial charge in [-0.25, -0.2) is 9.48 Å². The summed E-state index contributed by atoms with van der Waals surface area (Å²) in [6.07, 6.45) is 0. The van der Waals surface area contributed by atoms with E-state index < -0.39 is 11.5 Å². The highest BCUT2D eigenvalue weighted by Crippen LogP contribution is 2.10. The largest absolute Gasteiger partial charge is 0.477 e. The van der Waals surface area contributed by atoms with Gasteiger partial charge in [0, 0.05) is 5.02 Å². The first kappa shape index (κ1) is 13.3. The summed E-state index contributed by atoms with van der Waals surface area (Å²) in [7, 11) is 0. The van der Waals surface area contributed by atoms with Crippen LogP contribution in [0.3, 0.4) is 0 Å². The van der Waals surface area contributed by atoms with Crippen LogP contribution in [0.4, 0.5) is 0 Å². The Bertz CT molecular complexity index is 677. The van der Waals surface area contributed by atoms with Crippen molar-refractivity contribution in [1.29, 1.82) is 0 Å². The van der Waals surface area contributed by atoms with E-state index in [0.717, 1.165) is 10.2 Å². The van der Waals surface area contributed by atoms with Crippen molar-refractivity contribution in [3.05, 3.63) is 62.5 Å². The molecule has 1 N–H and O–H groups in total. The van der Waals surface area contributed by atoms with E-state index in [4.69, 9.17) is 16.7 Å². The minimum absolute atomic E-state index is 0.206. The molecule has 0 saturated carbocycles. The number of aromatic carboxylic acids is 1. The Morgan fingerprint density at radius 1 is 1.37 bits per heavy atom. The molecule has 1 aromatic carbocycles. The van der Waals surface area contributed by atoms with Crippen LogP contribution >= 0.6 is 11.6 Å². The lowest BCUT2D eigenvalue weighted by Gasteiger charge is -2.07. The number of aryl methyl sites for hydroxylation is 1. The molecule has 0 bridgehead atoms. The monoisotopic (exact) mass is 278 g/mol. The number of hydrogen-bond donors (Lipinski definition) is 1. The maximum Gasteiger partial charge on any atom is 0.341 e. The van der Waals surface area contributed by atoms with Crippen LogP contribution in [0.15, 0.2) is 35.1 Å². The Morgan fingerprint density at radius 3 is 2.58 bits per heavy atom. The van der Waals surface area contributed by atoms with Gasteiger partial charge >= 0.3 is 5.97 Å². The van der Waals surface area contributed by atoms with E-state index in [2.05, 4.69) is 5.10 Å². The third-order valence-electron chi connectivity index (χ3n) is 2.57. The molecule has 0 saturated heterocycles. The van der Waals surface area contributed by atoms with Crippen LogP contribution in [0.5, 0.6) is 0 Å². The normalized spacial score (nSPS) is 10.4. The summed E-state index contributed by atoms with van der Waals surface area (Å²) in [5.41, 5.74) is 0.404. The third kappa shape index (κ3) is 3.00. The summed E-state index contributed by atoms with van der Waals surface area (Å²) in [4.78, 5) is 22.9. The molecule has 19 heavy (non-hydrogen) atoms. The van der Waals surface area contributed by atoms with Gasteiger partial charge in [-0.3, -0.25) is 4.79 Å². The molecule has 1 aromatic heterocycles. The zero-order chi connectivity index (χ0) is 14.0. The molecular formula is C13H11ClN2O3. The third-order valence-corrected chi connectivity index (χ3v) is 2.82. The second kappa shape index (κ2) is 5.24. The second-order valence-corrected chi connectivity index (χ2v) is 4.53. The van der Waals surface area contributed by atoms with Crippen LogP contribution in [0, 0.1) is 6.92 Å². The van der Waals surface area contributed by atoms with Crippen molar-refractivity contribution >= 4 is 17.6 Å². The van der Waals surface area contributed by atoms with Crippen molar-refractivity contribution in [3.8, 4) is 0 Å². The minimum atomic E-state index is -1.25. The molecule has 0 aliphatic heterocycles. The lowest BCUT2D eigenvalue weighted by Crippen LogP contribution is -2.29. The molecule has 0 atom stereocenters. The van der Waals surface area contributed by atoms with Gasteiger partial charge in [0.05, 0.1) is 12.2 Å². The summed E-state index contributed by atoms with van der Waals surface area (Å²) in [5.74, 6) is -1.25. The Kier molecular flexibility index (Phi) is 3.66. The summed E-state index contributed by atoms with van der Waals surface area (Å²) in [6, 6.07) is 8.20. The molecule has 0 radical (unpaired) electrons. The van der Waals surface area contributed by atoms with Gasteiger partial charge in [0.1, 0.15) is 5.56 Å². The predicted octanol–water partition coefficient (Wildman–Crippen LogP) is 1.95. The van der Waals surface area contributed by atoms with Crippen molar-refractivity contribution < 1.29 is 9.90 Å². The van der Waals surface area contributed by atoms with E-state index in [-0.39, 0.29) is 12.1 Å². The molecule has 1 heterocycles. The van der Waals surface area contributed by atoms with Crippen molar-refractivity contribution in [2.24, 2.45) is 0 Å². The number of benzene rings is 1. The van der Waals surface area contributed by atoms with Gasteiger partial charge in [-0.05, 0) is 30.7 Å². The van der Waals surface area contributed by atoms with Gasteiger partial charge < -0.3 is 5.11 Å². The molecular weight excluding hydrogens is 268 g/mol. The van der Waals surface area contributed by atoms with Gasteiger partial charge in [0.2, 0.25) is 0 Å². The van der Waals surface area contributed by atoms with Crippen LogP contribution in [0.2, 0.25) is 5.02 Å². The molecule has 0 aliphatic carbocycles. The fourth-order valence-electron chi connectivity index (χ4n) is 1.70. The lowest BCUT2D eigenvalue weighted by atomic mass is 10.2. The number of nitrogens with zero attached hydrogens (tertiary/aromatic N) is 2. The number of carboxylic acids is 1. The summed E-state index contributed by atoms with van der Waals surface area (Å²) in [6.45, 7) is 1.85. The molecule has 2 aromatic rings. The zero-order valence-corrected chi connectivity index (χ0v) is 10.9. The highest BCUT2D eigenvalue weighted by molar-refractivity contribution is 6.30. The van der Waals surface area contributed by atoms with E-state index >= 15 is 0 Å². The fourth-order valence-corrected chi connectivity index (χ4v) is 1.82. The van der Waals surface area contributed by atoms with Gasteiger partial charge in [0.25, 0.3) is 5.56 Å². The van der Waals surface area contributed by atoms with Crippen molar-refractivity contribution in [1.82, 2.24) is 9.78 Å². The van der Waals surface area contributed by atoms with Gasteiger partial charge in [-0.15, -0.1) is 0 Å². The van der Waals surface area contributed by atoms with E-state index in [1.807, 2.05) is 0 Å². The number of carboxylic acid groups (broad SMARTS) is 1. The zero-order valence-electron chi connectivity index (χ0n) is 10.1. The van der Waals surface area contributed by atoms with Crippen LogP contribution in [-0.4, -0.2) is 20.9 Å². The van der Waals surface area contributed by atoms with Gasteiger partial charge in [0.15, 0.2) is 0 Å². The van der Waals surface area contributed by atoms with Crippen molar-refractivity contribution in [2.45, 2.75) is 13.5 Å². The average molecular weight is 279 g/mol. The summed E-state index contributed by atoms with van der Waals surface area (Å²) in [5, 5.41) is 13.6. The first-order chi connectivity index (χ1) is 8.97. The molecule has 0 amide bonds. The summed E-state index contributed by atoms with van der Waals surface area (Å²) >= 11 is 5.78. The van der Waals surface area contributed by atoms with Crippen molar-refractivity contribution in [2.75, 3.05) is 0 Å². The van der Waals surface area contributed by atoms with Crippen LogP contribution < -0.4 is 5.56 Å². The molecule has 98 valence electrons. The first-order valence-electron chi connectivity index (χ1n) is 5.54. The number of carbonyl (C=O) groups is 1. The van der Waals surface area contributed by atoms with Gasteiger partial charge in [-0.1, -0.05) is 23.7 Å². The maximum absolute atomic E-state index is 11.9. The molecule has 0 unspecified atom stereocenters. The van der Waals surface area contributed by atoms with Crippen LogP contribution in [0.1, 0.15) is 21.6 Å². The van der Waals surface area contributed by atoms with E-state index in [9.17, 15) is 9.59 Å². The van der Waals surface area contributed by atoms with E-state index in [0.29, 0.717) is 10.7 Å². The highest BCUT2D eigenvalue weighted by atomic mass is 35.5. The molecule has 6 heteroatoms. The molecule has 5 nitrogen and oxygen atoms in total. The Balaban J connectivity index is 2.43. The second-order valence-electron chi connectivity index (χ2n) is 4.09.